The summed E-state index contributed by atoms with van der Waals surface area (Å²) in [4.78, 5) is 12.9. The molecule has 2 N–H and O–H groups in total. The number of nitrogens with two attached hydrogens (primary N) is 1. The fourth-order valence-electron chi connectivity index (χ4n) is 1.45. The fourth-order valence-corrected chi connectivity index (χ4v) is 1.57. The molecule has 0 fully saturated rings. The molecule has 0 saturated carbocycles. The molecular weight excluding hydrogens is 224 g/mol. The highest BCUT2D eigenvalue weighted by atomic mass is 35.5. The number of nitrogens with zero attached hydrogens (tertiary/aromatic N) is 1. The first-order valence-electron chi connectivity index (χ1n) is 5.26. The van der Waals surface area contributed by atoms with E-state index in [9.17, 15) is 4.79 Å². The molecule has 0 aromatic heterocycles. The van der Waals surface area contributed by atoms with Gasteiger partial charge in [-0.1, -0.05) is 23.7 Å². The monoisotopic (exact) mass is 240 g/mol. The summed E-state index contributed by atoms with van der Waals surface area (Å²) in [6.07, 6.45) is 0. The summed E-state index contributed by atoms with van der Waals surface area (Å²) >= 11 is 5.81. The third-order valence-electron chi connectivity index (χ3n) is 2.39. The average Bonchev–Trinajstić information content (AvgIpc) is 2.19. The van der Waals surface area contributed by atoms with E-state index in [0.717, 1.165) is 10.6 Å². The first-order chi connectivity index (χ1) is 7.49. The maximum absolute atomic E-state index is 10.9. The smallest absolute Gasteiger partial charge is 0.231 e. The molecule has 1 amide bonds. The maximum atomic E-state index is 10.9. The van der Waals surface area contributed by atoms with Gasteiger partial charge in [-0.3, -0.25) is 9.69 Å². The molecule has 1 aromatic carbocycles. The van der Waals surface area contributed by atoms with Crippen molar-refractivity contribution in [1.29, 1.82) is 0 Å². The molecule has 0 saturated heterocycles. The first kappa shape index (κ1) is 13.0. The Morgan fingerprint density at radius 3 is 2.38 bits per heavy atom. The Kier molecular flexibility index (Phi) is 4.77. The van der Waals surface area contributed by atoms with Crippen molar-refractivity contribution >= 4 is 17.5 Å². The lowest BCUT2D eigenvalue weighted by Crippen LogP contribution is -2.37. The lowest BCUT2D eigenvalue weighted by atomic mass is 10.2. The van der Waals surface area contributed by atoms with Crippen LogP contribution in [0.5, 0.6) is 0 Å². The van der Waals surface area contributed by atoms with Crippen LogP contribution < -0.4 is 5.73 Å². The Bertz CT molecular complexity index is 349. The number of hydrogen-bond acceptors (Lipinski definition) is 2. The number of hydrogen-bond donors (Lipinski definition) is 1. The summed E-state index contributed by atoms with van der Waals surface area (Å²) in [6.45, 7) is 5.07. The largest absolute Gasteiger partial charge is 0.369 e. The standard InChI is InChI=1S/C12H17ClN2O/c1-9(2)15(8-12(14)16)7-10-3-5-11(13)6-4-10/h3-6,9H,7-8H2,1-2H3,(H2,14,16). The molecule has 16 heavy (non-hydrogen) atoms. The summed E-state index contributed by atoms with van der Waals surface area (Å²) in [5, 5.41) is 0.717. The molecule has 0 spiro atoms. The van der Waals surface area contributed by atoms with Gasteiger partial charge in [0, 0.05) is 17.6 Å². The van der Waals surface area contributed by atoms with Gasteiger partial charge in [-0.25, -0.2) is 0 Å². The molecule has 0 aliphatic carbocycles. The number of carbonyl (C=O) groups is 1. The summed E-state index contributed by atoms with van der Waals surface area (Å²) in [5.74, 6) is -0.303. The van der Waals surface area contributed by atoms with Crippen LogP contribution in [0.25, 0.3) is 0 Å². The molecule has 1 aromatic rings. The Morgan fingerprint density at radius 1 is 1.38 bits per heavy atom. The maximum Gasteiger partial charge on any atom is 0.231 e. The van der Waals surface area contributed by atoms with Crippen LogP contribution in [0.4, 0.5) is 0 Å². The van der Waals surface area contributed by atoms with E-state index in [1.807, 2.05) is 43.0 Å². The van der Waals surface area contributed by atoms with Gasteiger partial charge in [0.25, 0.3) is 0 Å². The van der Waals surface area contributed by atoms with Gasteiger partial charge < -0.3 is 5.73 Å². The molecule has 1 rings (SSSR count). The SMILES string of the molecule is CC(C)N(CC(N)=O)Cc1ccc(Cl)cc1. The van der Waals surface area contributed by atoms with Gasteiger partial charge in [-0.15, -0.1) is 0 Å². The quantitative estimate of drug-likeness (QED) is 0.856. The number of primary amides is 1. The zero-order valence-electron chi connectivity index (χ0n) is 9.61. The number of halogens is 1. The second kappa shape index (κ2) is 5.87. The molecule has 3 nitrogen and oxygen atoms in total. The number of amides is 1. The predicted octanol–water partition coefficient (Wildman–Crippen LogP) is 2.04. The average molecular weight is 241 g/mol. The Balaban J connectivity index is 2.67. The van der Waals surface area contributed by atoms with Crippen molar-refractivity contribution in [2.45, 2.75) is 26.4 Å². The van der Waals surface area contributed by atoms with Crippen LogP contribution in [-0.2, 0) is 11.3 Å². The van der Waals surface area contributed by atoms with Crippen LogP contribution >= 0.6 is 11.6 Å². The molecular formula is C12H17ClN2O. The minimum Gasteiger partial charge on any atom is -0.369 e. The second-order valence-electron chi connectivity index (χ2n) is 4.09. The molecule has 0 atom stereocenters. The summed E-state index contributed by atoms with van der Waals surface area (Å²) in [6, 6.07) is 7.89. The topological polar surface area (TPSA) is 46.3 Å². The molecule has 88 valence electrons. The molecule has 0 heterocycles. The van der Waals surface area contributed by atoms with E-state index < -0.39 is 0 Å². The number of carbonyl (C=O) groups excluding carboxylic acids is 1. The van der Waals surface area contributed by atoms with Crippen LogP contribution in [-0.4, -0.2) is 23.4 Å². The van der Waals surface area contributed by atoms with E-state index in [4.69, 9.17) is 17.3 Å². The van der Waals surface area contributed by atoms with E-state index >= 15 is 0 Å². The van der Waals surface area contributed by atoms with Gasteiger partial charge in [0.05, 0.1) is 6.54 Å². The van der Waals surface area contributed by atoms with Crippen LogP contribution in [0.3, 0.4) is 0 Å². The van der Waals surface area contributed by atoms with Crippen molar-refractivity contribution in [2.24, 2.45) is 5.73 Å². The molecule has 0 aliphatic heterocycles. The van der Waals surface area contributed by atoms with Crippen molar-refractivity contribution in [2.75, 3.05) is 6.54 Å². The van der Waals surface area contributed by atoms with Crippen LogP contribution in [0.1, 0.15) is 19.4 Å². The third kappa shape index (κ3) is 4.21. The molecule has 0 aliphatic rings. The van der Waals surface area contributed by atoms with Crippen molar-refractivity contribution in [1.82, 2.24) is 4.90 Å². The Morgan fingerprint density at radius 2 is 1.94 bits per heavy atom. The molecule has 4 heteroatoms. The lowest BCUT2D eigenvalue weighted by Gasteiger charge is -2.24. The zero-order valence-corrected chi connectivity index (χ0v) is 10.4. The van der Waals surface area contributed by atoms with E-state index in [0.29, 0.717) is 6.54 Å². The number of rotatable bonds is 5. The minimum absolute atomic E-state index is 0.278. The van der Waals surface area contributed by atoms with Crippen LogP contribution in [0.15, 0.2) is 24.3 Å². The highest BCUT2D eigenvalue weighted by Crippen LogP contribution is 2.12. The van der Waals surface area contributed by atoms with E-state index in [1.165, 1.54) is 0 Å². The highest BCUT2D eigenvalue weighted by Gasteiger charge is 2.12. The molecule has 0 radical (unpaired) electrons. The van der Waals surface area contributed by atoms with Gasteiger partial charge in [-0.2, -0.15) is 0 Å². The highest BCUT2D eigenvalue weighted by molar-refractivity contribution is 6.30. The van der Waals surface area contributed by atoms with E-state index in [1.54, 1.807) is 0 Å². The molecule has 0 unspecified atom stereocenters. The molecule has 0 bridgehead atoms. The van der Waals surface area contributed by atoms with Gasteiger partial charge in [-0.05, 0) is 31.5 Å². The van der Waals surface area contributed by atoms with Gasteiger partial charge in [0.15, 0.2) is 0 Å². The van der Waals surface area contributed by atoms with Gasteiger partial charge >= 0.3 is 0 Å². The second-order valence-corrected chi connectivity index (χ2v) is 4.53. The van der Waals surface area contributed by atoms with Crippen molar-refractivity contribution in [3.05, 3.63) is 34.9 Å². The van der Waals surface area contributed by atoms with E-state index in [2.05, 4.69) is 0 Å². The first-order valence-corrected chi connectivity index (χ1v) is 5.63. The normalized spacial score (nSPS) is 11.1. The van der Waals surface area contributed by atoms with Crippen molar-refractivity contribution in [3.8, 4) is 0 Å². The van der Waals surface area contributed by atoms with E-state index in [-0.39, 0.29) is 18.5 Å². The van der Waals surface area contributed by atoms with Crippen molar-refractivity contribution in [3.63, 3.8) is 0 Å². The number of benzene rings is 1. The lowest BCUT2D eigenvalue weighted by molar-refractivity contribution is -0.119. The third-order valence-corrected chi connectivity index (χ3v) is 2.64. The summed E-state index contributed by atoms with van der Waals surface area (Å²) in [7, 11) is 0. The van der Waals surface area contributed by atoms with Crippen LogP contribution in [0, 0.1) is 0 Å². The minimum atomic E-state index is -0.303. The zero-order chi connectivity index (χ0) is 12.1. The van der Waals surface area contributed by atoms with Crippen LogP contribution in [0.2, 0.25) is 5.02 Å². The summed E-state index contributed by atoms with van der Waals surface area (Å²) < 4.78 is 0. The van der Waals surface area contributed by atoms with Gasteiger partial charge in [0.2, 0.25) is 5.91 Å². The summed E-state index contributed by atoms with van der Waals surface area (Å²) in [5.41, 5.74) is 6.33. The Labute approximate surface area is 101 Å². The fraction of sp³-hybridized carbons (Fsp3) is 0.417. The van der Waals surface area contributed by atoms with Gasteiger partial charge in [0.1, 0.15) is 0 Å². The van der Waals surface area contributed by atoms with Crippen molar-refractivity contribution < 1.29 is 4.79 Å². The Hall–Kier alpha value is -1.06. The predicted molar refractivity (Wildman–Crippen MR) is 66.2 cm³/mol.